The minimum atomic E-state index is -0.355. The first-order chi connectivity index (χ1) is 8.54. The minimum absolute atomic E-state index is 0. The Balaban J connectivity index is 0.00000324. The molecule has 0 fully saturated rings. The minimum Gasteiger partial charge on any atom is -0.483 e. The zero-order valence-electron chi connectivity index (χ0n) is 10.8. The Hall–Kier alpha value is -0.850. The molecule has 0 unspecified atom stereocenters. The lowest BCUT2D eigenvalue weighted by Crippen LogP contribution is -2.35. The fourth-order valence-electron chi connectivity index (χ4n) is 1.25. The van der Waals surface area contributed by atoms with Crippen molar-refractivity contribution >= 4 is 34.2 Å². The van der Waals surface area contributed by atoms with Crippen molar-refractivity contribution in [1.29, 1.82) is 0 Å². The molecule has 4 nitrogen and oxygen atoms in total. The van der Waals surface area contributed by atoms with E-state index in [-0.39, 0.29) is 30.7 Å². The highest BCUT2D eigenvalue weighted by Crippen LogP contribution is 2.25. The molecule has 0 aliphatic carbocycles. The highest BCUT2D eigenvalue weighted by Gasteiger charge is 2.10. The highest BCUT2D eigenvalue weighted by molar-refractivity contribution is 9.10. The van der Waals surface area contributed by atoms with Gasteiger partial charge in [-0.2, -0.15) is 0 Å². The van der Waals surface area contributed by atoms with Crippen LogP contribution in [0.5, 0.6) is 5.75 Å². The molecule has 0 aliphatic rings. The average molecular weight is 356 g/mol. The lowest BCUT2D eigenvalue weighted by molar-refractivity contribution is -0.132. The molecule has 1 N–H and O–H groups in total. The first kappa shape index (κ1) is 18.1. The van der Waals surface area contributed by atoms with E-state index in [4.69, 9.17) is 4.74 Å². The van der Waals surface area contributed by atoms with Crippen LogP contribution in [-0.2, 0) is 4.79 Å². The third kappa shape index (κ3) is 6.22. The van der Waals surface area contributed by atoms with Crippen LogP contribution in [0.3, 0.4) is 0 Å². The molecule has 0 atom stereocenters. The van der Waals surface area contributed by atoms with Crippen LogP contribution < -0.4 is 10.1 Å². The fraction of sp³-hybridized carbons (Fsp3) is 0.417. The Kier molecular flexibility index (Phi) is 8.71. The maximum atomic E-state index is 12.8. The molecule has 0 saturated heterocycles. The zero-order valence-corrected chi connectivity index (χ0v) is 13.2. The van der Waals surface area contributed by atoms with Crippen LogP contribution in [0.4, 0.5) is 4.39 Å². The maximum Gasteiger partial charge on any atom is 0.260 e. The van der Waals surface area contributed by atoms with Gasteiger partial charge in [0, 0.05) is 20.1 Å². The highest BCUT2D eigenvalue weighted by atomic mass is 79.9. The third-order valence-electron chi connectivity index (χ3n) is 2.37. The van der Waals surface area contributed by atoms with E-state index < -0.39 is 0 Å². The first-order valence-corrected chi connectivity index (χ1v) is 6.30. The summed E-state index contributed by atoms with van der Waals surface area (Å²) in [7, 11) is 3.53. The van der Waals surface area contributed by atoms with Crippen LogP contribution in [0, 0.1) is 5.82 Å². The number of rotatable bonds is 6. The van der Waals surface area contributed by atoms with Crippen LogP contribution >= 0.6 is 28.3 Å². The van der Waals surface area contributed by atoms with Crippen LogP contribution in [0.15, 0.2) is 22.7 Å². The Morgan fingerprint density at radius 1 is 1.53 bits per heavy atom. The number of carbonyl (C=O) groups is 1. The van der Waals surface area contributed by atoms with Crippen molar-refractivity contribution < 1.29 is 13.9 Å². The van der Waals surface area contributed by atoms with E-state index in [9.17, 15) is 9.18 Å². The molecule has 0 saturated carbocycles. The van der Waals surface area contributed by atoms with Gasteiger partial charge in [0.2, 0.25) is 0 Å². The predicted molar refractivity (Wildman–Crippen MR) is 78.4 cm³/mol. The van der Waals surface area contributed by atoms with Crippen molar-refractivity contribution in [2.75, 3.05) is 33.8 Å². The molecule has 1 aromatic carbocycles. The normalized spacial score (nSPS) is 9.68. The molecule has 0 heterocycles. The molecule has 19 heavy (non-hydrogen) atoms. The SMILES string of the molecule is CNCCN(C)C(=O)COc1ccc(F)cc1Br.Cl. The number of hydrogen-bond donors (Lipinski definition) is 1. The van der Waals surface area contributed by atoms with Crippen LogP contribution in [0.1, 0.15) is 0 Å². The lowest BCUT2D eigenvalue weighted by atomic mass is 10.3. The predicted octanol–water partition coefficient (Wildman–Crippen LogP) is 2.07. The molecule has 1 aromatic rings. The van der Waals surface area contributed by atoms with Crippen LogP contribution in [0.25, 0.3) is 0 Å². The van der Waals surface area contributed by atoms with E-state index in [0.717, 1.165) is 6.54 Å². The summed E-state index contributed by atoms with van der Waals surface area (Å²) in [5.74, 6) is -0.0278. The summed E-state index contributed by atoms with van der Waals surface area (Å²) in [6.45, 7) is 1.27. The van der Waals surface area contributed by atoms with Crippen molar-refractivity contribution in [3.8, 4) is 5.75 Å². The quantitative estimate of drug-likeness (QED) is 0.849. The molecule has 1 rings (SSSR count). The standard InChI is InChI=1S/C12H16BrFN2O2.ClH/c1-15-5-6-16(2)12(17)8-18-11-4-3-9(14)7-10(11)13;/h3-4,7,15H,5-6,8H2,1-2H3;1H. The van der Waals surface area contributed by atoms with Crippen LogP contribution in [0.2, 0.25) is 0 Å². The van der Waals surface area contributed by atoms with Crippen molar-refractivity contribution in [2.45, 2.75) is 0 Å². The molecule has 0 bridgehead atoms. The Labute approximate surface area is 126 Å². The van der Waals surface area contributed by atoms with Crippen LogP contribution in [-0.4, -0.2) is 44.6 Å². The van der Waals surface area contributed by atoms with Crippen molar-refractivity contribution in [3.63, 3.8) is 0 Å². The summed E-state index contributed by atoms with van der Waals surface area (Å²) in [4.78, 5) is 13.3. The number of amides is 1. The second-order valence-corrected chi connectivity index (χ2v) is 4.64. The Bertz CT molecular complexity index is 421. The van der Waals surface area contributed by atoms with Gasteiger partial charge in [-0.25, -0.2) is 4.39 Å². The number of halogens is 3. The third-order valence-corrected chi connectivity index (χ3v) is 2.99. The summed E-state index contributed by atoms with van der Waals surface area (Å²) >= 11 is 3.18. The van der Waals surface area contributed by atoms with E-state index >= 15 is 0 Å². The van der Waals surface area contributed by atoms with Gasteiger partial charge in [0.15, 0.2) is 6.61 Å². The molecular weight excluding hydrogens is 338 g/mol. The molecule has 1 amide bonds. The second-order valence-electron chi connectivity index (χ2n) is 3.78. The van der Waals surface area contributed by atoms with Gasteiger partial charge in [0.1, 0.15) is 11.6 Å². The smallest absolute Gasteiger partial charge is 0.260 e. The topological polar surface area (TPSA) is 41.6 Å². The van der Waals surface area contributed by atoms with Gasteiger partial charge in [-0.15, -0.1) is 12.4 Å². The van der Waals surface area contributed by atoms with E-state index in [2.05, 4.69) is 21.2 Å². The summed E-state index contributed by atoms with van der Waals surface area (Å²) in [5, 5.41) is 2.96. The number of carbonyl (C=O) groups excluding carboxylic acids is 1. The Morgan fingerprint density at radius 2 is 2.21 bits per heavy atom. The number of nitrogens with zero attached hydrogens (tertiary/aromatic N) is 1. The molecular formula is C12H17BrClFN2O2. The Morgan fingerprint density at radius 3 is 2.79 bits per heavy atom. The van der Waals surface area contributed by atoms with Gasteiger partial charge in [0.05, 0.1) is 4.47 Å². The molecule has 108 valence electrons. The van der Waals surface area contributed by atoms with Gasteiger partial charge in [-0.1, -0.05) is 0 Å². The number of benzene rings is 1. The number of nitrogens with one attached hydrogen (secondary N) is 1. The zero-order chi connectivity index (χ0) is 13.5. The first-order valence-electron chi connectivity index (χ1n) is 5.51. The van der Waals surface area contributed by atoms with E-state index in [1.54, 1.807) is 11.9 Å². The van der Waals surface area contributed by atoms with Gasteiger partial charge in [-0.05, 0) is 41.2 Å². The lowest BCUT2D eigenvalue weighted by Gasteiger charge is -2.17. The summed E-state index contributed by atoms with van der Waals surface area (Å²) < 4.78 is 18.7. The summed E-state index contributed by atoms with van der Waals surface area (Å²) in [6.07, 6.45) is 0. The van der Waals surface area contributed by atoms with E-state index in [1.165, 1.54) is 18.2 Å². The molecule has 7 heteroatoms. The van der Waals surface area contributed by atoms with Gasteiger partial charge in [0.25, 0.3) is 5.91 Å². The summed E-state index contributed by atoms with van der Waals surface area (Å²) in [5.41, 5.74) is 0. The van der Waals surface area contributed by atoms with Gasteiger partial charge in [-0.3, -0.25) is 4.79 Å². The van der Waals surface area contributed by atoms with Gasteiger partial charge >= 0.3 is 0 Å². The molecule has 0 spiro atoms. The number of hydrogen-bond acceptors (Lipinski definition) is 3. The largest absolute Gasteiger partial charge is 0.483 e. The molecule has 0 radical (unpaired) electrons. The fourth-order valence-corrected chi connectivity index (χ4v) is 1.71. The molecule has 0 aliphatic heterocycles. The summed E-state index contributed by atoms with van der Waals surface area (Å²) in [6, 6.07) is 4.07. The monoisotopic (exact) mass is 354 g/mol. The maximum absolute atomic E-state index is 12.8. The van der Waals surface area contributed by atoms with E-state index in [1.807, 2.05) is 7.05 Å². The molecule has 0 aromatic heterocycles. The number of likely N-dealkylation sites (N-methyl/N-ethyl adjacent to an activating group) is 2. The van der Waals surface area contributed by atoms with Crippen molar-refractivity contribution in [1.82, 2.24) is 10.2 Å². The number of ether oxygens (including phenoxy) is 1. The van der Waals surface area contributed by atoms with Gasteiger partial charge < -0.3 is 15.0 Å². The van der Waals surface area contributed by atoms with Crippen molar-refractivity contribution in [2.24, 2.45) is 0 Å². The average Bonchev–Trinajstić information content (AvgIpc) is 2.34. The van der Waals surface area contributed by atoms with Crippen molar-refractivity contribution in [3.05, 3.63) is 28.5 Å². The van der Waals surface area contributed by atoms with E-state index in [0.29, 0.717) is 16.8 Å². The second kappa shape index (κ2) is 9.12.